The number of rotatable bonds is 8. The van der Waals surface area contributed by atoms with Crippen molar-refractivity contribution in [1.29, 1.82) is 0 Å². The molecule has 23 heavy (non-hydrogen) atoms. The second-order valence-corrected chi connectivity index (χ2v) is 7.80. The summed E-state index contributed by atoms with van der Waals surface area (Å²) in [6, 6.07) is 3.74. The van der Waals surface area contributed by atoms with E-state index in [4.69, 9.17) is 11.6 Å². The van der Waals surface area contributed by atoms with E-state index < -0.39 is 0 Å². The first-order valence-corrected chi connectivity index (χ1v) is 9.45. The van der Waals surface area contributed by atoms with Gasteiger partial charge in [-0.3, -0.25) is 9.36 Å². The van der Waals surface area contributed by atoms with E-state index in [-0.39, 0.29) is 17.3 Å². The van der Waals surface area contributed by atoms with Crippen LogP contribution in [0.4, 0.5) is 0 Å². The number of nitrogens with one attached hydrogen (secondary N) is 1. The van der Waals surface area contributed by atoms with Gasteiger partial charge in [0.1, 0.15) is 0 Å². The largest absolute Gasteiger partial charge is 0.343 e. The molecule has 1 amide bonds. The van der Waals surface area contributed by atoms with Crippen molar-refractivity contribution < 1.29 is 4.79 Å². The lowest BCUT2D eigenvalue weighted by atomic mass is 10.3. The van der Waals surface area contributed by atoms with Gasteiger partial charge in [0.2, 0.25) is 5.91 Å². The van der Waals surface area contributed by atoms with Crippen molar-refractivity contribution in [2.24, 2.45) is 0 Å². The molecule has 0 aromatic carbocycles. The van der Waals surface area contributed by atoms with E-state index in [1.165, 1.54) is 23.1 Å². The number of thioether (sulfide) groups is 1. The average molecular weight is 375 g/mol. The Balaban J connectivity index is 1.90. The van der Waals surface area contributed by atoms with Gasteiger partial charge in [-0.05, 0) is 18.6 Å². The Labute approximate surface area is 147 Å². The van der Waals surface area contributed by atoms with E-state index in [0.717, 1.165) is 17.7 Å². The Morgan fingerprint density at radius 3 is 2.96 bits per heavy atom. The molecule has 0 aliphatic heterocycles. The summed E-state index contributed by atoms with van der Waals surface area (Å²) >= 11 is 8.63. The molecule has 2 rings (SSSR count). The van der Waals surface area contributed by atoms with Gasteiger partial charge in [-0.2, -0.15) is 0 Å². The first-order valence-electron chi connectivity index (χ1n) is 7.27. The zero-order valence-electron chi connectivity index (χ0n) is 13.0. The molecular formula is C14H19ClN4O2S2. The Hall–Kier alpha value is -1.25. The number of hydrogen-bond acceptors (Lipinski definition) is 5. The molecule has 0 unspecified atom stereocenters. The molecule has 0 fully saturated rings. The van der Waals surface area contributed by atoms with Crippen LogP contribution >= 0.6 is 34.7 Å². The van der Waals surface area contributed by atoms with Crippen LogP contribution < -0.4 is 5.69 Å². The molecule has 1 N–H and O–H groups in total. The molecule has 2 aromatic heterocycles. The average Bonchev–Trinajstić information content (AvgIpc) is 3.08. The zero-order valence-corrected chi connectivity index (χ0v) is 15.4. The third-order valence-electron chi connectivity index (χ3n) is 3.23. The molecule has 0 saturated heterocycles. The van der Waals surface area contributed by atoms with Crippen LogP contribution in [0, 0.1) is 0 Å². The number of aromatic nitrogens is 3. The molecule has 0 atom stereocenters. The van der Waals surface area contributed by atoms with Crippen molar-refractivity contribution in [3.8, 4) is 0 Å². The van der Waals surface area contributed by atoms with Crippen LogP contribution in [0.1, 0.15) is 24.6 Å². The molecule has 0 radical (unpaired) electrons. The number of aromatic amines is 1. The summed E-state index contributed by atoms with van der Waals surface area (Å²) in [6.07, 6.45) is 1.90. The molecular weight excluding hydrogens is 356 g/mol. The highest BCUT2D eigenvalue weighted by Crippen LogP contribution is 2.23. The quantitative estimate of drug-likeness (QED) is 0.721. The fourth-order valence-electron chi connectivity index (χ4n) is 1.92. The fraction of sp³-hybridized carbons (Fsp3) is 0.500. The molecule has 9 heteroatoms. The number of carbonyl (C=O) groups excluding carboxylic acids is 1. The lowest BCUT2D eigenvalue weighted by Gasteiger charge is -2.15. The van der Waals surface area contributed by atoms with Crippen molar-refractivity contribution in [2.75, 3.05) is 12.8 Å². The lowest BCUT2D eigenvalue weighted by molar-refractivity contribution is -0.127. The van der Waals surface area contributed by atoms with E-state index in [2.05, 4.69) is 17.1 Å². The van der Waals surface area contributed by atoms with Crippen LogP contribution in [0.15, 0.2) is 22.1 Å². The minimum absolute atomic E-state index is 0.0167. The minimum Gasteiger partial charge on any atom is -0.340 e. The topological polar surface area (TPSA) is 71.0 Å². The van der Waals surface area contributed by atoms with Crippen molar-refractivity contribution in [1.82, 2.24) is 19.7 Å². The van der Waals surface area contributed by atoms with Crippen LogP contribution in [-0.2, 0) is 17.9 Å². The SMILES string of the molecule is CCCCn1c(SCC(=O)N(C)Cc2ccc(Cl)s2)n[nH]c1=O. The third kappa shape index (κ3) is 5.12. The Bertz CT molecular complexity index is 710. The standard InChI is InChI=1S/C14H19ClN4O2S2/c1-3-4-7-19-13(21)16-17-14(19)22-9-12(20)18(2)8-10-5-6-11(15)23-10/h5-6H,3-4,7-9H2,1-2H3,(H,16,21). The van der Waals surface area contributed by atoms with Gasteiger partial charge in [-0.15, -0.1) is 16.4 Å². The van der Waals surface area contributed by atoms with Crippen molar-refractivity contribution in [3.63, 3.8) is 0 Å². The number of H-pyrrole nitrogens is 1. The third-order valence-corrected chi connectivity index (χ3v) is 5.41. The molecule has 2 aromatic rings. The Morgan fingerprint density at radius 2 is 2.30 bits per heavy atom. The van der Waals surface area contributed by atoms with E-state index in [9.17, 15) is 9.59 Å². The molecule has 0 spiro atoms. The second kappa shape index (κ2) is 8.56. The summed E-state index contributed by atoms with van der Waals surface area (Å²) in [7, 11) is 1.76. The number of thiophene rings is 1. The van der Waals surface area contributed by atoms with Crippen LogP contribution in [0.3, 0.4) is 0 Å². The first-order chi connectivity index (χ1) is 11.0. The highest BCUT2D eigenvalue weighted by molar-refractivity contribution is 7.99. The number of unbranched alkanes of at least 4 members (excludes halogenated alkanes) is 1. The summed E-state index contributed by atoms with van der Waals surface area (Å²) < 4.78 is 2.30. The summed E-state index contributed by atoms with van der Waals surface area (Å²) in [4.78, 5) is 26.6. The summed E-state index contributed by atoms with van der Waals surface area (Å²) in [6.45, 7) is 3.21. The van der Waals surface area contributed by atoms with Crippen molar-refractivity contribution in [3.05, 3.63) is 31.8 Å². The van der Waals surface area contributed by atoms with Crippen molar-refractivity contribution in [2.45, 2.75) is 38.0 Å². The van der Waals surface area contributed by atoms with Crippen LogP contribution in [0.25, 0.3) is 0 Å². The maximum absolute atomic E-state index is 12.2. The van der Waals surface area contributed by atoms with Gasteiger partial charge < -0.3 is 4.90 Å². The van der Waals surface area contributed by atoms with Gasteiger partial charge in [0.05, 0.1) is 16.6 Å². The van der Waals surface area contributed by atoms with E-state index in [0.29, 0.717) is 22.6 Å². The summed E-state index contributed by atoms with van der Waals surface area (Å²) in [5.41, 5.74) is -0.227. The summed E-state index contributed by atoms with van der Waals surface area (Å²) in [5.74, 6) is 0.225. The van der Waals surface area contributed by atoms with Gasteiger partial charge in [-0.1, -0.05) is 36.7 Å². The number of nitrogens with zero attached hydrogens (tertiary/aromatic N) is 3. The van der Waals surface area contributed by atoms with E-state index >= 15 is 0 Å². The second-order valence-electron chi connectivity index (χ2n) is 5.06. The molecule has 6 nitrogen and oxygen atoms in total. The lowest BCUT2D eigenvalue weighted by Crippen LogP contribution is -2.27. The molecule has 0 aliphatic carbocycles. The van der Waals surface area contributed by atoms with E-state index in [1.807, 2.05) is 12.1 Å². The van der Waals surface area contributed by atoms with Gasteiger partial charge in [-0.25, -0.2) is 9.89 Å². The van der Waals surface area contributed by atoms with Crippen LogP contribution in [0.2, 0.25) is 4.34 Å². The Kier molecular flexibility index (Phi) is 6.73. The molecule has 126 valence electrons. The zero-order chi connectivity index (χ0) is 16.8. The van der Waals surface area contributed by atoms with Crippen molar-refractivity contribution >= 4 is 40.6 Å². The Morgan fingerprint density at radius 1 is 1.52 bits per heavy atom. The number of amides is 1. The first kappa shape index (κ1) is 18.1. The van der Waals surface area contributed by atoms with E-state index in [1.54, 1.807) is 16.5 Å². The number of halogens is 1. The molecule has 0 bridgehead atoms. The smallest absolute Gasteiger partial charge is 0.340 e. The fourth-order valence-corrected chi connectivity index (χ4v) is 3.98. The normalized spacial score (nSPS) is 10.9. The highest BCUT2D eigenvalue weighted by atomic mass is 35.5. The van der Waals surface area contributed by atoms with Crippen LogP contribution in [0.5, 0.6) is 0 Å². The van der Waals surface area contributed by atoms with Gasteiger partial charge in [0.25, 0.3) is 0 Å². The highest BCUT2D eigenvalue weighted by Gasteiger charge is 2.14. The van der Waals surface area contributed by atoms with Gasteiger partial charge in [0.15, 0.2) is 5.16 Å². The van der Waals surface area contributed by atoms with Crippen LogP contribution in [-0.4, -0.2) is 38.4 Å². The molecule has 0 saturated carbocycles. The van der Waals surface area contributed by atoms with Gasteiger partial charge in [0, 0.05) is 18.5 Å². The maximum Gasteiger partial charge on any atom is 0.343 e. The number of hydrogen-bond donors (Lipinski definition) is 1. The maximum atomic E-state index is 12.2. The minimum atomic E-state index is -0.227. The monoisotopic (exact) mass is 374 g/mol. The molecule has 0 aliphatic rings. The predicted molar refractivity (Wildman–Crippen MR) is 94.3 cm³/mol. The van der Waals surface area contributed by atoms with Gasteiger partial charge >= 0.3 is 5.69 Å². The summed E-state index contributed by atoms with van der Waals surface area (Å²) in [5, 5.41) is 6.99. The number of carbonyl (C=O) groups is 1. The predicted octanol–water partition coefficient (Wildman–Crippen LogP) is 2.84. The molecule has 2 heterocycles.